The molecular formula is C15H20N2O. The molecule has 3 nitrogen and oxygen atoms in total. The van der Waals surface area contributed by atoms with Crippen molar-refractivity contribution in [1.29, 1.82) is 0 Å². The van der Waals surface area contributed by atoms with Crippen molar-refractivity contribution in [2.45, 2.75) is 32.2 Å². The van der Waals surface area contributed by atoms with Gasteiger partial charge in [-0.2, -0.15) is 0 Å². The van der Waals surface area contributed by atoms with Crippen LogP contribution in [0.15, 0.2) is 41.1 Å². The lowest BCUT2D eigenvalue weighted by Gasteiger charge is -2.16. The molecule has 2 rings (SSSR count). The molecule has 0 aliphatic heterocycles. The second-order valence-electron chi connectivity index (χ2n) is 4.57. The molecule has 0 aliphatic rings. The predicted molar refractivity (Wildman–Crippen MR) is 72.6 cm³/mol. The summed E-state index contributed by atoms with van der Waals surface area (Å²) in [6.45, 7) is 2.11. The lowest BCUT2D eigenvalue weighted by Crippen LogP contribution is -2.28. The lowest BCUT2D eigenvalue weighted by molar-refractivity contribution is 0.458. The van der Waals surface area contributed by atoms with E-state index in [1.165, 1.54) is 11.3 Å². The normalized spacial score (nSPS) is 12.6. The first-order valence-electron chi connectivity index (χ1n) is 6.39. The van der Waals surface area contributed by atoms with Crippen LogP contribution in [-0.2, 0) is 12.8 Å². The monoisotopic (exact) mass is 244 g/mol. The molecule has 0 spiro atoms. The van der Waals surface area contributed by atoms with E-state index in [1.807, 2.05) is 31.4 Å². The Kier molecular flexibility index (Phi) is 4.53. The number of nitrogens with one attached hydrogen (secondary N) is 1. The molecule has 3 heteroatoms. The van der Waals surface area contributed by atoms with Gasteiger partial charge in [0.25, 0.3) is 0 Å². The van der Waals surface area contributed by atoms with Crippen molar-refractivity contribution >= 4 is 0 Å². The summed E-state index contributed by atoms with van der Waals surface area (Å²) in [5.74, 6) is 1.05. The van der Waals surface area contributed by atoms with Crippen LogP contribution < -0.4 is 5.32 Å². The van der Waals surface area contributed by atoms with Crippen LogP contribution in [0.5, 0.6) is 0 Å². The average Bonchev–Trinajstić information content (AvgIpc) is 2.90. The lowest BCUT2D eigenvalue weighted by atomic mass is 10.0. The molecule has 0 bridgehead atoms. The van der Waals surface area contributed by atoms with Gasteiger partial charge in [0.2, 0.25) is 0 Å². The maximum atomic E-state index is 5.36. The Bertz CT molecular complexity index is 465. The molecule has 0 fully saturated rings. The minimum Gasteiger partial charge on any atom is -0.469 e. The van der Waals surface area contributed by atoms with Gasteiger partial charge in [0.05, 0.1) is 6.26 Å². The van der Waals surface area contributed by atoms with Gasteiger partial charge >= 0.3 is 0 Å². The zero-order chi connectivity index (χ0) is 12.8. The standard InChI is InChI=1S/C15H20N2O/c1-12-5-3-9-17-15(12)11-13(16-2)7-8-14-6-4-10-18-14/h3-6,9-10,13,16H,7-8,11H2,1-2H3. The van der Waals surface area contributed by atoms with E-state index in [0.717, 1.165) is 25.0 Å². The van der Waals surface area contributed by atoms with E-state index < -0.39 is 0 Å². The molecular weight excluding hydrogens is 224 g/mol. The fourth-order valence-electron chi connectivity index (χ4n) is 2.09. The second-order valence-corrected chi connectivity index (χ2v) is 4.57. The number of aryl methyl sites for hydroxylation is 2. The van der Waals surface area contributed by atoms with E-state index in [2.05, 4.69) is 23.3 Å². The highest BCUT2D eigenvalue weighted by molar-refractivity contribution is 5.18. The number of rotatable bonds is 6. The smallest absolute Gasteiger partial charge is 0.103 e. The van der Waals surface area contributed by atoms with Gasteiger partial charge in [0.15, 0.2) is 0 Å². The third-order valence-electron chi connectivity index (χ3n) is 3.29. The first kappa shape index (κ1) is 12.8. The number of nitrogens with zero attached hydrogens (tertiary/aromatic N) is 1. The fourth-order valence-corrected chi connectivity index (χ4v) is 2.09. The molecule has 0 saturated carbocycles. The van der Waals surface area contributed by atoms with Crippen LogP contribution in [0.1, 0.15) is 23.4 Å². The highest BCUT2D eigenvalue weighted by atomic mass is 16.3. The molecule has 1 unspecified atom stereocenters. The first-order chi connectivity index (χ1) is 8.79. The van der Waals surface area contributed by atoms with Crippen LogP contribution in [0, 0.1) is 6.92 Å². The number of aromatic nitrogens is 1. The molecule has 96 valence electrons. The minimum atomic E-state index is 0.434. The van der Waals surface area contributed by atoms with E-state index in [1.54, 1.807) is 6.26 Å². The van der Waals surface area contributed by atoms with Crippen molar-refractivity contribution in [2.24, 2.45) is 0 Å². The zero-order valence-corrected chi connectivity index (χ0v) is 11.0. The summed E-state index contributed by atoms with van der Waals surface area (Å²) in [4.78, 5) is 4.45. The van der Waals surface area contributed by atoms with Crippen LogP contribution in [0.2, 0.25) is 0 Å². The first-order valence-corrected chi connectivity index (χ1v) is 6.39. The van der Waals surface area contributed by atoms with Crippen LogP contribution in [0.25, 0.3) is 0 Å². The molecule has 18 heavy (non-hydrogen) atoms. The summed E-state index contributed by atoms with van der Waals surface area (Å²) in [5, 5.41) is 3.36. The summed E-state index contributed by atoms with van der Waals surface area (Å²) < 4.78 is 5.36. The second kappa shape index (κ2) is 6.36. The Morgan fingerprint density at radius 1 is 1.33 bits per heavy atom. The number of furan rings is 1. The van der Waals surface area contributed by atoms with E-state index in [4.69, 9.17) is 4.42 Å². The molecule has 0 aliphatic carbocycles. The van der Waals surface area contributed by atoms with Crippen LogP contribution in [0.4, 0.5) is 0 Å². The van der Waals surface area contributed by atoms with Gasteiger partial charge in [-0.05, 0) is 44.2 Å². The Morgan fingerprint density at radius 3 is 2.89 bits per heavy atom. The van der Waals surface area contributed by atoms with Gasteiger partial charge in [-0.3, -0.25) is 4.98 Å². The largest absolute Gasteiger partial charge is 0.469 e. The van der Waals surface area contributed by atoms with Gasteiger partial charge in [-0.15, -0.1) is 0 Å². The van der Waals surface area contributed by atoms with Gasteiger partial charge < -0.3 is 9.73 Å². The third kappa shape index (κ3) is 3.44. The average molecular weight is 244 g/mol. The van der Waals surface area contributed by atoms with E-state index in [0.29, 0.717) is 6.04 Å². The summed E-state index contributed by atoms with van der Waals surface area (Å²) in [6.07, 6.45) is 6.57. The highest BCUT2D eigenvalue weighted by Crippen LogP contribution is 2.11. The molecule has 0 radical (unpaired) electrons. The van der Waals surface area contributed by atoms with E-state index in [-0.39, 0.29) is 0 Å². The third-order valence-corrected chi connectivity index (χ3v) is 3.29. The number of likely N-dealkylation sites (N-methyl/N-ethyl adjacent to an activating group) is 1. The van der Waals surface area contributed by atoms with Crippen molar-refractivity contribution in [1.82, 2.24) is 10.3 Å². The maximum Gasteiger partial charge on any atom is 0.103 e. The molecule has 2 aromatic heterocycles. The van der Waals surface area contributed by atoms with Crippen LogP contribution in [0.3, 0.4) is 0 Å². The summed E-state index contributed by atoms with van der Waals surface area (Å²) in [7, 11) is 2.01. The van der Waals surface area contributed by atoms with Crippen LogP contribution in [-0.4, -0.2) is 18.1 Å². The van der Waals surface area contributed by atoms with Gasteiger partial charge in [0, 0.05) is 30.8 Å². The minimum absolute atomic E-state index is 0.434. The zero-order valence-electron chi connectivity index (χ0n) is 11.0. The fraction of sp³-hybridized carbons (Fsp3) is 0.400. The van der Waals surface area contributed by atoms with Crippen molar-refractivity contribution in [3.63, 3.8) is 0 Å². The molecule has 2 heterocycles. The quantitative estimate of drug-likeness (QED) is 0.849. The van der Waals surface area contributed by atoms with Crippen molar-refractivity contribution in [3.05, 3.63) is 53.7 Å². The topological polar surface area (TPSA) is 38.1 Å². The Hall–Kier alpha value is -1.61. The SMILES string of the molecule is CNC(CCc1ccco1)Cc1ncccc1C. The molecule has 0 amide bonds. The Balaban J connectivity index is 1.91. The Morgan fingerprint density at radius 2 is 2.22 bits per heavy atom. The van der Waals surface area contributed by atoms with E-state index >= 15 is 0 Å². The molecule has 0 aromatic carbocycles. The van der Waals surface area contributed by atoms with Gasteiger partial charge in [0.1, 0.15) is 5.76 Å². The van der Waals surface area contributed by atoms with Gasteiger partial charge in [-0.25, -0.2) is 0 Å². The molecule has 1 atom stereocenters. The van der Waals surface area contributed by atoms with Crippen molar-refractivity contribution in [3.8, 4) is 0 Å². The summed E-state index contributed by atoms with van der Waals surface area (Å²) in [6, 6.07) is 8.49. The van der Waals surface area contributed by atoms with Crippen LogP contribution >= 0.6 is 0 Å². The van der Waals surface area contributed by atoms with E-state index in [9.17, 15) is 0 Å². The predicted octanol–water partition coefficient (Wildman–Crippen LogP) is 2.75. The maximum absolute atomic E-state index is 5.36. The molecule has 2 aromatic rings. The van der Waals surface area contributed by atoms with Crippen molar-refractivity contribution in [2.75, 3.05) is 7.05 Å². The highest BCUT2D eigenvalue weighted by Gasteiger charge is 2.10. The summed E-state index contributed by atoms with van der Waals surface area (Å²) in [5.41, 5.74) is 2.44. The summed E-state index contributed by atoms with van der Waals surface area (Å²) >= 11 is 0. The van der Waals surface area contributed by atoms with Crippen molar-refractivity contribution < 1.29 is 4.42 Å². The number of pyridine rings is 1. The van der Waals surface area contributed by atoms with Gasteiger partial charge in [-0.1, -0.05) is 6.07 Å². The number of hydrogen-bond acceptors (Lipinski definition) is 3. The number of hydrogen-bond donors (Lipinski definition) is 1. The molecule has 1 N–H and O–H groups in total. The Labute approximate surface area is 108 Å². The molecule has 0 saturated heterocycles.